The highest BCUT2D eigenvalue weighted by atomic mass is 79.9. The second kappa shape index (κ2) is 6.40. The predicted octanol–water partition coefficient (Wildman–Crippen LogP) is 3.84. The Balaban J connectivity index is 1.59. The van der Waals surface area contributed by atoms with E-state index in [0.717, 1.165) is 24.0 Å². The van der Waals surface area contributed by atoms with Crippen molar-refractivity contribution in [3.63, 3.8) is 0 Å². The number of hydrogen-bond acceptors (Lipinski definition) is 4. The van der Waals surface area contributed by atoms with Crippen molar-refractivity contribution in [2.24, 2.45) is 11.8 Å². The molecule has 3 amide bonds. The molecule has 1 N–H and O–H groups in total. The molecule has 4 heterocycles. The summed E-state index contributed by atoms with van der Waals surface area (Å²) in [7, 11) is 0. The maximum absolute atomic E-state index is 13.9. The molecule has 4 aliphatic heterocycles. The first-order valence-electron chi connectivity index (χ1n) is 10.4. The van der Waals surface area contributed by atoms with Crippen molar-refractivity contribution in [3.05, 3.63) is 57.0 Å². The zero-order chi connectivity index (χ0) is 21.7. The van der Waals surface area contributed by atoms with E-state index in [1.165, 1.54) is 4.90 Å². The van der Waals surface area contributed by atoms with Gasteiger partial charge in [0.05, 0.1) is 23.2 Å². The number of nitrogens with one attached hydrogen (secondary N) is 1. The van der Waals surface area contributed by atoms with Crippen LogP contribution in [-0.2, 0) is 19.9 Å². The van der Waals surface area contributed by atoms with Crippen molar-refractivity contribution in [3.8, 4) is 0 Å². The number of amides is 3. The maximum atomic E-state index is 13.9. The number of anilines is 2. The van der Waals surface area contributed by atoms with Crippen LogP contribution < -0.4 is 10.2 Å². The lowest BCUT2D eigenvalue weighted by molar-refractivity contribution is -0.135. The van der Waals surface area contributed by atoms with Crippen LogP contribution in [0.2, 0.25) is 5.02 Å². The van der Waals surface area contributed by atoms with E-state index in [2.05, 4.69) is 26.1 Å². The fourth-order valence-corrected chi connectivity index (χ4v) is 6.88. The van der Waals surface area contributed by atoms with Crippen LogP contribution >= 0.6 is 27.5 Å². The second-order valence-electron chi connectivity index (χ2n) is 8.69. The van der Waals surface area contributed by atoms with Gasteiger partial charge in [-0.15, -0.1) is 0 Å². The smallest absolute Gasteiger partial charge is 0.250 e. The lowest BCUT2D eigenvalue weighted by atomic mass is 9.75. The van der Waals surface area contributed by atoms with Crippen LogP contribution in [0.5, 0.6) is 0 Å². The van der Waals surface area contributed by atoms with Gasteiger partial charge in [0.1, 0.15) is 5.54 Å². The Morgan fingerprint density at radius 1 is 1.13 bits per heavy atom. The Hall–Kier alpha value is -2.22. The number of hydrogen-bond donors (Lipinski definition) is 1. The fourth-order valence-electron chi connectivity index (χ4n) is 6.26. The van der Waals surface area contributed by atoms with Crippen molar-refractivity contribution in [1.29, 1.82) is 0 Å². The number of para-hydroxylation sites is 1. The van der Waals surface area contributed by atoms with Gasteiger partial charge < -0.3 is 5.32 Å². The third-order valence-electron chi connectivity index (χ3n) is 7.46. The molecule has 31 heavy (non-hydrogen) atoms. The topological polar surface area (TPSA) is 69.7 Å². The van der Waals surface area contributed by atoms with Gasteiger partial charge in [0.15, 0.2) is 0 Å². The van der Waals surface area contributed by atoms with Gasteiger partial charge in [-0.05, 0) is 66.0 Å². The van der Waals surface area contributed by atoms with Gasteiger partial charge in [0.2, 0.25) is 17.7 Å². The zero-order valence-electron chi connectivity index (χ0n) is 16.7. The van der Waals surface area contributed by atoms with E-state index in [9.17, 15) is 14.4 Å². The normalized spacial score (nSPS) is 31.4. The molecule has 3 saturated heterocycles. The third kappa shape index (κ3) is 2.19. The van der Waals surface area contributed by atoms with Crippen LogP contribution in [0.1, 0.15) is 24.0 Å². The maximum Gasteiger partial charge on any atom is 0.250 e. The highest BCUT2D eigenvalue weighted by Crippen LogP contribution is 2.61. The molecule has 4 aliphatic rings. The van der Waals surface area contributed by atoms with Crippen molar-refractivity contribution in [1.82, 2.24) is 4.90 Å². The van der Waals surface area contributed by atoms with Gasteiger partial charge in [0.25, 0.3) is 0 Å². The minimum absolute atomic E-state index is 0.137. The van der Waals surface area contributed by atoms with Gasteiger partial charge in [-0.1, -0.05) is 29.8 Å². The van der Waals surface area contributed by atoms with Crippen molar-refractivity contribution in [2.45, 2.75) is 31.3 Å². The Labute approximate surface area is 192 Å². The molecule has 4 atom stereocenters. The Bertz CT molecular complexity index is 1200. The SMILES string of the molecule is Cc1c(Cl)ccc2c1NC(=O)[C@@]21[C@@H]2C(=O)N(c3ccccc3Br)C(=O)[C@@H]2[C@@H]2CCCN21. The first kappa shape index (κ1) is 19.5. The fraction of sp³-hybridized carbons (Fsp3) is 0.348. The summed E-state index contributed by atoms with van der Waals surface area (Å²) in [6.07, 6.45) is 1.68. The van der Waals surface area contributed by atoms with Crippen molar-refractivity contribution >= 4 is 56.6 Å². The lowest BCUT2D eigenvalue weighted by Gasteiger charge is -2.36. The van der Waals surface area contributed by atoms with Gasteiger partial charge in [0, 0.05) is 21.1 Å². The first-order chi connectivity index (χ1) is 14.9. The van der Waals surface area contributed by atoms with Crippen molar-refractivity contribution < 1.29 is 14.4 Å². The largest absolute Gasteiger partial charge is 0.324 e. The molecule has 158 valence electrons. The molecular formula is C23H19BrClN3O3. The highest BCUT2D eigenvalue weighted by molar-refractivity contribution is 9.10. The number of nitrogens with zero attached hydrogens (tertiary/aromatic N) is 2. The quantitative estimate of drug-likeness (QED) is 0.604. The Kier molecular flexibility index (Phi) is 4.02. The molecule has 0 bridgehead atoms. The summed E-state index contributed by atoms with van der Waals surface area (Å²) in [5, 5.41) is 3.57. The summed E-state index contributed by atoms with van der Waals surface area (Å²) in [5.41, 5.74) is 1.55. The number of carbonyl (C=O) groups excluding carboxylic acids is 3. The van der Waals surface area contributed by atoms with Gasteiger partial charge in [-0.2, -0.15) is 0 Å². The van der Waals surface area contributed by atoms with Gasteiger partial charge in [-0.3, -0.25) is 19.3 Å². The standard InChI is InChI=1S/C23H19BrClN3O3/c1-11-14(25)9-8-12-19(11)26-22(31)23(12)18-17(16-7-4-10-27(16)23)20(29)28(21(18)30)15-6-3-2-5-13(15)24/h2-3,5-6,8-9,16-18H,4,7,10H2,1H3,(H,26,31)/t16-,17+,18-,23-/m0/s1. The molecular weight excluding hydrogens is 482 g/mol. The van der Waals surface area contributed by atoms with E-state index < -0.39 is 17.4 Å². The third-order valence-corrected chi connectivity index (χ3v) is 8.54. The molecule has 1 spiro atoms. The van der Waals surface area contributed by atoms with Crippen LogP contribution in [0.15, 0.2) is 40.9 Å². The van der Waals surface area contributed by atoms with Crippen LogP contribution in [0, 0.1) is 18.8 Å². The number of halogens is 2. The molecule has 2 aromatic carbocycles. The molecule has 8 heteroatoms. The molecule has 6 nitrogen and oxygen atoms in total. The number of carbonyl (C=O) groups is 3. The average Bonchev–Trinajstić information content (AvgIpc) is 3.45. The van der Waals surface area contributed by atoms with Crippen LogP contribution in [0.4, 0.5) is 11.4 Å². The van der Waals surface area contributed by atoms with E-state index in [1.54, 1.807) is 18.2 Å². The molecule has 3 fully saturated rings. The van der Waals surface area contributed by atoms with Gasteiger partial charge >= 0.3 is 0 Å². The van der Waals surface area contributed by atoms with E-state index in [1.807, 2.05) is 25.1 Å². The summed E-state index contributed by atoms with van der Waals surface area (Å²) in [6.45, 7) is 2.55. The molecule has 0 unspecified atom stereocenters. The second-order valence-corrected chi connectivity index (χ2v) is 9.95. The summed E-state index contributed by atoms with van der Waals surface area (Å²) in [5.74, 6) is -2.08. The lowest BCUT2D eigenvalue weighted by Crippen LogP contribution is -2.54. The number of benzene rings is 2. The molecule has 0 radical (unpaired) electrons. The Morgan fingerprint density at radius 2 is 1.90 bits per heavy atom. The summed E-state index contributed by atoms with van der Waals surface area (Å²) < 4.78 is 0.674. The minimum Gasteiger partial charge on any atom is -0.324 e. The van der Waals surface area contributed by atoms with Crippen LogP contribution in [0.25, 0.3) is 0 Å². The summed E-state index contributed by atoms with van der Waals surface area (Å²) >= 11 is 9.81. The number of imide groups is 1. The van der Waals surface area contributed by atoms with Crippen LogP contribution in [0.3, 0.4) is 0 Å². The number of rotatable bonds is 1. The molecule has 6 rings (SSSR count). The molecule has 0 aliphatic carbocycles. The van der Waals surface area contributed by atoms with E-state index in [4.69, 9.17) is 11.6 Å². The molecule has 0 aromatic heterocycles. The highest BCUT2D eigenvalue weighted by Gasteiger charge is 2.74. The first-order valence-corrected chi connectivity index (χ1v) is 11.6. The number of fused-ring (bicyclic) bond motifs is 7. The molecule has 2 aromatic rings. The van der Waals surface area contributed by atoms with E-state index >= 15 is 0 Å². The Morgan fingerprint density at radius 3 is 2.68 bits per heavy atom. The summed E-state index contributed by atoms with van der Waals surface area (Å²) in [4.78, 5) is 44.7. The predicted molar refractivity (Wildman–Crippen MR) is 120 cm³/mol. The minimum atomic E-state index is -1.18. The molecule has 0 saturated carbocycles. The van der Waals surface area contributed by atoms with E-state index in [-0.39, 0.29) is 23.8 Å². The summed E-state index contributed by atoms with van der Waals surface area (Å²) in [6, 6.07) is 10.7. The van der Waals surface area contributed by atoms with Crippen molar-refractivity contribution in [2.75, 3.05) is 16.8 Å². The van der Waals surface area contributed by atoms with E-state index in [0.29, 0.717) is 27.4 Å². The monoisotopic (exact) mass is 499 g/mol. The average molecular weight is 501 g/mol. The zero-order valence-corrected chi connectivity index (χ0v) is 19.0. The van der Waals surface area contributed by atoms with Crippen LogP contribution in [-0.4, -0.2) is 35.2 Å². The van der Waals surface area contributed by atoms with Gasteiger partial charge in [-0.25, -0.2) is 4.90 Å².